The third-order valence-corrected chi connectivity index (χ3v) is 5.30. The van der Waals surface area contributed by atoms with E-state index in [-0.39, 0.29) is 24.8 Å². The van der Waals surface area contributed by atoms with E-state index in [4.69, 9.17) is 4.74 Å². The number of hydrogen-bond acceptors (Lipinski definition) is 3. The minimum absolute atomic E-state index is 0. The highest BCUT2D eigenvalue weighted by Crippen LogP contribution is 2.10. The SMILES string of the molecule is COCc1ccc(CCN2CCN(CCCc3ccccc3)CC2)cc1.Cl.Cl. The topological polar surface area (TPSA) is 15.7 Å². The molecule has 156 valence electrons. The molecule has 5 heteroatoms. The second-order valence-corrected chi connectivity index (χ2v) is 7.27. The van der Waals surface area contributed by atoms with Crippen molar-refractivity contribution in [3.05, 3.63) is 71.3 Å². The van der Waals surface area contributed by atoms with Crippen molar-refractivity contribution in [1.82, 2.24) is 9.80 Å². The number of ether oxygens (including phenoxy) is 1. The van der Waals surface area contributed by atoms with Crippen molar-refractivity contribution >= 4 is 24.8 Å². The Bertz CT molecular complexity index is 629. The number of aryl methyl sites for hydroxylation is 1. The van der Waals surface area contributed by atoms with Crippen molar-refractivity contribution in [2.75, 3.05) is 46.4 Å². The Kier molecular flexibility index (Phi) is 12.4. The summed E-state index contributed by atoms with van der Waals surface area (Å²) < 4.78 is 5.17. The monoisotopic (exact) mass is 424 g/mol. The van der Waals surface area contributed by atoms with Crippen LogP contribution in [-0.4, -0.2) is 56.2 Å². The fraction of sp³-hybridized carbons (Fsp3) is 0.478. The Hall–Kier alpha value is -1.10. The van der Waals surface area contributed by atoms with Crippen molar-refractivity contribution < 1.29 is 4.74 Å². The van der Waals surface area contributed by atoms with Crippen molar-refractivity contribution in [2.24, 2.45) is 0 Å². The van der Waals surface area contributed by atoms with Gasteiger partial charge in [0, 0.05) is 39.8 Å². The Balaban J connectivity index is 0.00000196. The van der Waals surface area contributed by atoms with Gasteiger partial charge in [-0.2, -0.15) is 0 Å². The largest absolute Gasteiger partial charge is 0.380 e. The molecule has 0 unspecified atom stereocenters. The van der Waals surface area contributed by atoms with Crippen LogP contribution in [0.5, 0.6) is 0 Å². The van der Waals surface area contributed by atoms with Crippen LogP contribution in [0.4, 0.5) is 0 Å². The van der Waals surface area contributed by atoms with Crippen molar-refractivity contribution in [3.63, 3.8) is 0 Å². The van der Waals surface area contributed by atoms with Crippen LogP contribution >= 0.6 is 24.8 Å². The third-order valence-electron chi connectivity index (χ3n) is 5.30. The molecule has 0 spiro atoms. The molecule has 3 rings (SSSR count). The predicted molar refractivity (Wildman–Crippen MR) is 123 cm³/mol. The molecule has 2 aromatic carbocycles. The summed E-state index contributed by atoms with van der Waals surface area (Å²) in [7, 11) is 1.75. The van der Waals surface area contributed by atoms with Gasteiger partial charge < -0.3 is 14.5 Å². The van der Waals surface area contributed by atoms with E-state index < -0.39 is 0 Å². The first kappa shape index (κ1) is 24.9. The van der Waals surface area contributed by atoms with Crippen molar-refractivity contribution in [1.29, 1.82) is 0 Å². The Morgan fingerprint density at radius 2 is 1.21 bits per heavy atom. The average molecular weight is 425 g/mol. The van der Waals surface area contributed by atoms with E-state index in [0.717, 1.165) is 6.42 Å². The first-order chi connectivity index (χ1) is 12.8. The number of benzene rings is 2. The molecule has 1 saturated heterocycles. The summed E-state index contributed by atoms with van der Waals surface area (Å²) >= 11 is 0. The van der Waals surface area contributed by atoms with Gasteiger partial charge >= 0.3 is 0 Å². The third kappa shape index (κ3) is 8.50. The molecule has 0 radical (unpaired) electrons. The number of halogens is 2. The summed E-state index contributed by atoms with van der Waals surface area (Å²) in [6, 6.07) is 19.7. The highest BCUT2D eigenvalue weighted by molar-refractivity contribution is 5.85. The van der Waals surface area contributed by atoms with Gasteiger partial charge in [0.2, 0.25) is 0 Å². The molecule has 1 heterocycles. The standard InChI is InChI=1S/C23H32N2O.2ClH/c1-26-20-23-11-9-22(10-12-23)13-15-25-18-16-24(17-19-25)14-5-8-21-6-3-2-4-7-21;;/h2-4,6-7,9-12H,5,8,13-20H2,1H3;2*1H. The van der Waals surface area contributed by atoms with E-state index in [9.17, 15) is 0 Å². The van der Waals surface area contributed by atoms with Crippen LogP contribution < -0.4 is 0 Å². The zero-order valence-electron chi connectivity index (χ0n) is 16.9. The molecule has 0 amide bonds. The maximum atomic E-state index is 5.17. The molecule has 0 atom stereocenters. The zero-order valence-corrected chi connectivity index (χ0v) is 18.5. The molecular formula is C23H34Cl2N2O. The lowest BCUT2D eigenvalue weighted by atomic mass is 10.1. The number of rotatable bonds is 9. The van der Waals surface area contributed by atoms with Crippen LogP contribution in [0.25, 0.3) is 0 Å². The summed E-state index contributed by atoms with van der Waals surface area (Å²) in [5, 5.41) is 0. The maximum Gasteiger partial charge on any atom is 0.0713 e. The van der Waals surface area contributed by atoms with Gasteiger partial charge in [-0.15, -0.1) is 24.8 Å². The fourth-order valence-electron chi connectivity index (χ4n) is 3.64. The van der Waals surface area contributed by atoms with E-state index in [1.54, 1.807) is 7.11 Å². The minimum atomic E-state index is 0. The van der Waals surface area contributed by atoms with Crippen LogP contribution in [-0.2, 0) is 24.2 Å². The minimum Gasteiger partial charge on any atom is -0.380 e. The molecular weight excluding hydrogens is 391 g/mol. The Morgan fingerprint density at radius 1 is 0.679 bits per heavy atom. The van der Waals surface area contributed by atoms with Gasteiger partial charge in [-0.1, -0.05) is 54.6 Å². The smallest absolute Gasteiger partial charge is 0.0713 e. The van der Waals surface area contributed by atoms with E-state index in [1.165, 1.54) is 68.8 Å². The van der Waals surface area contributed by atoms with Crippen molar-refractivity contribution in [3.8, 4) is 0 Å². The predicted octanol–water partition coefficient (Wildman–Crippen LogP) is 4.47. The van der Waals surface area contributed by atoms with Crippen LogP contribution in [0, 0.1) is 0 Å². The Morgan fingerprint density at radius 3 is 1.82 bits per heavy atom. The van der Waals surface area contributed by atoms with Gasteiger partial charge in [0.1, 0.15) is 0 Å². The van der Waals surface area contributed by atoms with Crippen LogP contribution in [0.1, 0.15) is 23.1 Å². The van der Waals surface area contributed by atoms with Crippen molar-refractivity contribution in [2.45, 2.75) is 25.9 Å². The molecule has 2 aromatic rings. The second-order valence-electron chi connectivity index (χ2n) is 7.27. The van der Waals surface area contributed by atoms with Crippen LogP contribution in [0.15, 0.2) is 54.6 Å². The molecule has 1 aliphatic rings. The summed E-state index contributed by atoms with van der Waals surface area (Å²) in [6.07, 6.45) is 3.60. The molecule has 0 bridgehead atoms. The van der Waals surface area contributed by atoms with Gasteiger partial charge in [0.25, 0.3) is 0 Å². The van der Waals surface area contributed by atoms with Gasteiger partial charge in [-0.3, -0.25) is 0 Å². The number of nitrogens with zero attached hydrogens (tertiary/aromatic N) is 2. The number of piperazine rings is 1. The summed E-state index contributed by atoms with van der Waals surface area (Å²) in [4.78, 5) is 5.23. The molecule has 3 nitrogen and oxygen atoms in total. The molecule has 1 aliphatic heterocycles. The highest BCUT2D eigenvalue weighted by Gasteiger charge is 2.16. The fourth-order valence-corrected chi connectivity index (χ4v) is 3.64. The lowest BCUT2D eigenvalue weighted by Gasteiger charge is -2.34. The molecule has 0 aromatic heterocycles. The summed E-state index contributed by atoms with van der Waals surface area (Å²) in [6.45, 7) is 7.92. The molecule has 0 aliphatic carbocycles. The summed E-state index contributed by atoms with van der Waals surface area (Å²) in [5.41, 5.74) is 4.14. The van der Waals surface area contributed by atoms with Gasteiger partial charge in [-0.25, -0.2) is 0 Å². The normalized spacial score (nSPS) is 14.9. The average Bonchev–Trinajstić information content (AvgIpc) is 2.70. The molecule has 1 fully saturated rings. The van der Waals surface area contributed by atoms with Gasteiger partial charge in [-0.05, 0) is 42.5 Å². The molecule has 0 N–H and O–H groups in total. The second kappa shape index (κ2) is 14.0. The van der Waals surface area contributed by atoms with Crippen LogP contribution in [0.2, 0.25) is 0 Å². The quantitative estimate of drug-likeness (QED) is 0.590. The first-order valence-electron chi connectivity index (χ1n) is 9.89. The van der Waals surface area contributed by atoms with E-state index in [2.05, 4.69) is 64.4 Å². The lowest BCUT2D eigenvalue weighted by Crippen LogP contribution is -2.47. The highest BCUT2D eigenvalue weighted by atomic mass is 35.5. The van der Waals surface area contributed by atoms with E-state index in [0.29, 0.717) is 6.61 Å². The number of methoxy groups -OCH3 is 1. The van der Waals surface area contributed by atoms with Gasteiger partial charge in [0.05, 0.1) is 6.61 Å². The van der Waals surface area contributed by atoms with Crippen LogP contribution in [0.3, 0.4) is 0 Å². The lowest BCUT2D eigenvalue weighted by molar-refractivity contribution is 0.132. The first-order valence-corrected chi connectivity index (χ1v) is 9.89. The van der Waals surface area contributed by atoms with E-state index in [1.807, 2.05) is 0 Å². The number of hydrogen-bond donors (Lipinski definition) is 0. The van der Waals surface area contributed by atoms with E-state index >= 15 is 0 Å². The van der Waals surface area contributed by atoms with Gasteiger partial charge in [0.15, 0.2) is 0 Å². The molecule has 0 saturated carbocycles. The Labute approximate surface area is 182 Å². The molecule has 28 heavy (non-hydrogen) atoms. The zero-order chi connectivity index (χ0) is 18.0. The summed E-state index contributed by atoms with van der Waals surface area (Å²) in [5.74, 6) is 0. The maximum absolute atomic E-state index is 5.17.